The molecule has 4 rings (SSSR count). The van der Waals surface area contributed by atoms with E-state index in [4.69, 9.17) is 9.26 Å². The first-order valence-electron chi connectivity index (χ1n) is 8.03. The molecule has 8 heteroatoms. The number of ether oxygens (including phenoxy) is 1. The molecule has 7 nitrogen and oxygen atoms in total. The lowest BCUT2D eigenvalue weighted by atomic mass is 10.1. The first-order valence-corrected chi connectivity index (χ1v) is 8.91. The molecule has 0 aliphatic carbocycles. The molecule has 0 aromatic carbocycles. The Balaban J connectivity index is 1.43. The molecule has 25 heavy (non-hydrogen) atoms. The number of likely N-dealkylation sites (tertiary alicyclic amines) is 1. The van der Waals surface area contributed by atoms with Gasteiger partial charge < -0.3 is 14.2 Å². The van der Waals surface area contributed by atoms with Crippen LogP contribution in [0.2, 0.25) is 0 Å². The Hall–Kier alpha value is -2.74. The van der Waals surface area contributed by atoms with Gasteiger partial charge in [-0.1, -0.05) is 11.2 Å². The summed E-state index contributed by atoms with van der Waals surface area (Å²) < 4.78 is 11.1. The third-order valence-corrected chi connectivity index (χ3v) is 4.86. The molecule has 3 aromatic rings. The van der Waals surface area contributed by atoms with Gasteiger partial charge in [0.25, 0.3) is 5.91 Å². The van der Waals surface area contributed by atoms with Crippen LogP contribution in [0.3, 0.4) is 0 Å². The Morgan fingerprint density at radius 2 is 2.20 bits per heavy atom. The highest BCUT2D eigenvalue weighted by Crippen LogP contribution is 2.26. The number of carbonyl (C=O) groups is 1. The van der Waals surface area contributed by atoms with Gasteiger partial charge in [0.1, 0.15) is 6.10 Å². The lowest BCUT2D eigenvalue weighted by Gasteiger charge is -2.31. The zero-order valence-electron chi connectivity index (χ0n) is 13.4. The van der Waals surface area contributed by atoms with E-state index in [2.05, 4.69) is 15.1 Å². The molecule has 1 saturated heterocycles. The molecule has 128 valence electrons. The van der Waals surface area contributed by atoms with Crippen molar-refractivity contribution < 1.29 is 14.1 Å². The van der Waals surface area contributed by atoms with Gasteiger partial charge in [-0.15, -0.1) is 11.3 Å². The van der Waals surface area contributed by atoms with Crippen molar-refractivity contribution in [2.75, 3.05) is 13.1 Å². The van der Waals surface area contributed by atoms with Crippen LogP contribution in [0.25, 0.3) is 10.6 Å². The van der Waals surface area contributed by atoms with Crippen LogP contribution in [0.1, 0.15) is 23.3 Å². The fraction of sp³-hybridized carbons (Fsp3) is 0.294. The van der Waals surface area contributed by atoms with Gasteiger partial charge in [0.2, 0.25) is 0 Å². The van der Waals surface area contributed by atoms with Crippen molar-refractivity contribution in [2.24, 2.45) is 0 Å². The van der Waals surface area contributed by atoms with Crippen LogP contribution in [0.5, 0.6) is 6.01 Å². The predicted octanol–water partition coefficient (Wildman–Crippen LogP) is 2.88. The highest BCUT2D eigenvalue weighted by molar-refractivity contribution is 7.13. The maximum atomic E-state index is 12.7. The van der Waals surface area contributed by atoms with Crippen LogP contribution in [-0.4, -0.2) is 45.1 Å². The van der Waals surface area contributed by atoms with Gasteiger partial charge >= 0.3 is 6.01 Å². The normalized spacial score (nSPS) is 17.4. The average molecular weight is 356 g/mol. The summed E-state index contributed by atoms with van der Waals surface area (Å²) in [6.45, 7) is 1.16. The summed E-state index contributed by atoms with van der Waals surface area (Å²) in [5.41, 5.74) is 0.319. The standard InChI is InChI=1S/C17H16N4O3S/c22-16(13-10-14(24-20-13)15-5-2-9-25-15)21-8-1-4-12(11-21)23-17-18-6-3-7-19-17/h2-3,5-7,9-10,12H,1,4,8,11H2. The van der Waals surface area contributed by atoms with E-state index < -0.39 is 0 Å². The quantitative estimate of drug-likeness (QED) is 0.715. The van der Waals surface area contributed by atoms with Gasteiger partial charge in [-0.2, -0.15) is 0 Å². The largest absolute Gasteiger partial charge is 0.458 e. The number of piperidine rings is 1. The number of hydrogen-bond donors (Lipinski definition) is 0. The van der Waals surface area contributed by atoms with E-state index in [1.165, 1.54) is 0 Å². The summed E-state index contributed by atoms with van der Waals surface area (Å²) >= 11 is 1.55. The van der Waals surface area contributed by atoms with Crippen molar-refractivity contribution in [3.05, 3.63) is 47.7 Å². The summed E-state index contributed by atoms with van der Waals surface area (Å²) in [6.07, 6.45) is 4.87. The van der Waals surface area contributed by atoms with Crippen LogP contribution in [0, 0.1) is 0 Å². The monoisotopic (exact) mass is 356 g/mol. The van der Waals surface area contributed by atoms with E-state index in [0.29, 0.717) is 30.6 Å². The minimum absolute atomic E-state index is 0.122. The van der Waals surface area contributed by atoms with E-state index in [1.54, 1.807) is 40.8 Å². The van der Waals surface area contributed by atoms with Crippen molar-refractivity contribution >= 4 is 17.2 Å². The summed E-state index contributed by atoms with van der Waals surface area (Å²) in [7, 11) is 0. The van der Waals surface area contributed by atoms with Gasteiger partial charge in [-0.25, -0.2) is 9.97 Å². The Kier molecular flexibility index (Phi) is 4.43. The van der Waals surface area contributed by atoms with Crippen LogP contribution in [0.15, 0.2) is 46.6 Å². The number of nitrogens with zero attached hydrogens (tertiary/aromatic N) is 4. The fourth-order valence-corrected chi connectivity index (χ4v) is 3.46. The second kappa shape index (κ2) is 7.02. The van der Waals surface area contributed by atoms with Crippen molar-refractivity contribution in [1.29, 1.82) is 0 Å². The first-order chi connectivity index (χ1) is 12.3. The minimum atomic E-state index is -0.145. The zero-order valence-corrected chi connectivity index (χ0v) is 14.2. The van der Waals surface area contributed by atoms with Gasteiger partial charge in [-0.05, 0) is 30.4 Å². The molecule has 3 aromatic heterocycles. The molecular formula is C17H16N4O3S. The average Bonchev–Trinajstić information content (AvgIpc) is 3.34. The minimum Gasteiger partial charge on any atom is -0.458 e. The van der Waals surface area contributed by atoms with Gasteiger partial charge in [0.05, 0.1) is 11.4 Å². The summed E-state index contributed by atoms with van der Waals surface area (Å²) in [6, 6.07) is 7.63. The lowest BCUT2D eigenvalue weighted by Crippen LogP contribution is -2.44. The van der Waals surface area contributed by atoms with Crippen LogP contribution in [0.4, 0.5) is 0 Å². The van der Waals surface area contributed by atoms with E-state index in [1.807, 2.05) is 17.5 Å². The fourth-order valence-electron chi connectivity index (χ4n) is 2.79. The third-order valence-electron chi connectivity index (χ3n) is 3.97. The number of amides is 1. The van der Waals surface area contributed by atoms with E-state index in [0.717, 1.165) is 17.7 Å². The van der Waals surface area contributed by atoms with Crippen molar-refractivity contribution in [1.82, 2.24) is 20.0 Å². The first kappa shape index (κ1) is 15.8. The second-order valence-electron chi connectivity index (χ2n) is 5.72. The highest BCUT2D eigenvalue weighted by atomic mass is 32.1. The smallest absolute Gasteiger partial charge is 0.316 e. The molecule has 0 N–H and O–H groups in total. The Labute approximate surface area is 148 Å². The second-order valence-corrected chi connectivity index (χ2v) is 6.67. The highest BCUT2D eigenvalue weighted by Gasteiger charge is 2.28. The lowest BCUT2D eigenvalue weighted by molar-refractivity contribution is 0.0507. The Morgan fingerprint density at radius 1 is 1.32 bits per heavy atom. The SMILES string of the molecule is O=C(c1cc(-c2cccs2)on1)N1CCCC(Oc2ncccn2)C1. The number of aromatic nitrogens is 3. The maximum absolute atomic E-state index is 12.7. The van der Waals surface area contributed by atoms with Gasteiger partial charge in [0.15, 0.2) is 11.5 Å². The van der Waals surface area contributed by atoms with Crippen LogP contribution in [-0.2, 0) is 0 Å². The molecule has 4 heterocycles. The third kappa shape index (κ3) is 3.53. The van der Waals surface area contributed by atoms with Gasteiger partial charge in [0, 0.05) is 25.0 Å². The van der Waals surface area contributed by atoms with Crippen molar-refractivity contribution in [3.63, 3.8) is 0 Å². The molecule has 0 saturated carbocycles. The molecule has 1 atom stereocenters. The number of hydrogen-bond acceptors (Lipinski definition) is 7. The van der Waals surface area contributed by atoms with Crippen LogP contribution < -0.4 is 4.74 Å². The van der Waals surface area contributed by atoms with E-state index in [9.17, 15) is 4.79 Å². The number of thiophene rings is 1. The molecule has 1 fully saturated rings. The Bertz CT molecular complexity index is 835. The summed E-state index contributed by atoms with van der Waals surface area (Å²) in [5, 5.41) is 5.89. The molecule has 1 amide bonds. The molecule has 0 spiro atoms. The molecule has 0 bridgehead atoms. The maximum Gasteiger partial charge on any atom is 0.316 e. The van der Waals surface area contributed by atoms with Crippen LogP contribution >= 0.6 is 11.3 Å². The molecule has 1 aliphatic heterocycles. The number of carbonyl (C=O) groups excluding carboxylic acids is 1. The summed E-state index contributed by atoms with van der Waals surface area (Å²) in [5.74, 6) is 0.467. The van der Waals surface area contributed by atoms with Gasteiger partial charge in [-0.3, -0.25) is 4.79 Å². The molecular weight excluding hydrogens is 340 g/mol. The molecule has 1 aliphatic rings. The van der Waals surface area contributed by atoms with E-state index >= 15 is 0 Å². The molecule has 0 radical (unpaired) electrons. The predicted molar refractivity (Wildman–Crippen MR) is 91.4 cm³/mol. The topological polar surface area (TPSA) is 81.4 Å². The number of rotatable bonds is 4. The van der Waals surface area contributed by atoms with E-state index in [-0.39, 0.29) is 12.0 Å². The zero-order chi connectivity index (χ0) is 17.1. The van der Waals surface area contributed by atoms with Crippen molar-refractivity contribution in [2.45, 2.75) is 18.9 Å². The Morgan fingerprint density at radius 3 is 3.00 bits per heavy atom. The summed E-state index contributed by atoms with van der Waals surface area (Å²) in [4.78, 5) is 23.5. The molecule has 1 unspecified atom stereocenters. The van der Waals surface area contributed by atoms with Crippen molar-refractivity contribution in [3.8, 4) is 16.6 Å².